The van der Waals surface area contributed by atoms with Gasteiger partial charge >= 0.3 is 5.97 Å². The quantitative estimate of drug-likeness (QED) is 0.869. The van der Waals surface area contributed by atoms with Gasteiger partial charge in [0.15, 0.2) is 0 Å². The second-order valence-corrected chi connectivity index (χ2v) is 6.26. The summed E-state index contributed by atoms with van der Waals surface area (Å²) in [6, 6.07) is 7.54. The predicted octanol–water partition coefficient (Wildman–Crippen LogP) is 2.79. The summed E-state index contributed by atoms with van der Waals surface area (Å²) in [5.74, 6) is 0.0247. The zero-order valence-corrected chi connectivity index (χ0v) is 14.3. The summed E-state index contributed by atoms with van der Waals surface area (Å²) < 4.78 is 12.4. The first-order chi connectivity index (χ1) is 11.8. The number of fused-ring (bicyclic) bond motifs is 1. The van der Waals surface area contributed by atoms with Crippen LogP contribution in [-0.2, 0) is 4.74 Å². The number of hydrogen-bond donors (Lipinski definition) is 1. The first-order valence-corrected chi connectivity index (χ1v) is 7.96. The van der Waals surface area contributed by atoms with Crippen LogP contribution < -0.4 is 10.3 Å². The molecule has 1 N–H and O–H groups in total. The van der Waals surface area contributed by atoms with Gasteiger partial charge in [0.25, 0.3) is 5.56 Å². The van der Waals surface area contributed by atoms with Crippen molar-refractivity contribution < 1.29 is 19.4 Å². The van der Waals surface area contributed by atoms with E-state index in [1.54, 1.807) is 25.1 Å². The Balaban J connectivity index is 2.18. The fourth-order valence-electron chi connectivity index (χ4n) is 2.75. The maximum Gasteiger partial charge on any atom is 0.338 e. The average molecular weight is 341 g/mol. The van der Waals surface area contributed by atoms with Gasteiger partial charge in [0, 0.05) is 17.8 Å². The van der Waals surface area contributed by atoms with Gasteiger partial charge in [-0.2, -0.15) is 0 Å². The molecule has 1 aromatic carbocycles. The normalized spacial score (nSPS) is 14.9. The molecule has 130 valence electrons. The number of aromatic hydroxyl groups is 1. The molecule has 0 amide bonds. The van der Waals surface area contributed by atoms with Crippen LogP contribution in [0.3, 0.4) is 0 Å². The number of aromatic nitrogens is 1. The smallest absolute Gasteiger partial charge is 0.338 e. The molecule has 0 radical (unpaired) electrons. The first-order valence-electron chi connectivity index (χ1n) is 7.96. The summed E-state index contributed by atoms with van der Waals surface area (Å²) in [7, 11) is 0. The van der Waals surface area contributed by atoms with Crippen LogP contribution in [0, 0.1) is 0 Å². The minimum atomic E-state index is -0.634. The van der Waals surface area contributed by atoms with Gasteiger partial charge in [0.05, 0.1) is 17.9 Å². The lowest BCUT2D eigenvalue weighted by atomic mass is 9.97. The van der Waals surface area contributed by atoms with Crippen LogP contribution in [0.25, 0.3) is 5.70 Å². The molecule has 0 fully saturated rings. The van der Waals surface area contributed by atoms with Crippen LogP contribution in [0.1, 0.15) is 36.7 Å². The molecule has 6 nitrogen and oxygen atoms in total. The molecular formula is C19H19NO5. The standard InChI is InChI=1S/C19H19NO5/c1-4-24-18(23)12-5-6-16-14(9-12)15(11-19(2,3)25-16)20-8-7-13(21)10-17(20)22/h5-11,21H,4H2,1-3H3. The predicted molar refractivity (Wildman–Crippen MR) is 92.8 cm³/mol. The average Bonchev–Trinajstić information content (AvgIpc) is 2.53. The van der Waals surface area contributed by atoms with Crippen molar-refractivity contribution in [2.24, 2.45) is 0 Å². The van der Waals surface area contributed by atoms with Gasteiger partial charge in [0.2, 0.25) is 0 Å². The van der Waals surface area contributed by atoms with Gasteiger partial charge in [-0.25, -0.2) is 4.79 Å². The van der Waals surface area contributed by atoms with Crippen LogP contribution >= 0.6 is 0 Å². The Morgan fingerprint density at radius 1 is 1.28 bits per heavy atom. The molecule has 25 heavy (non-hydrogen) atoms. The number of esters is 1. The van der Waals surface area contributed by atoms with Crippen LogP contribution in [-0.4, -0.2) is 27.9 Å². The number of hydrogen-bond acceptors (Lipinski definition) is 5. The lowest BCUT2D eigenvalue weighted by molar-refractivity contribution is 0.0526. The number of ether oxygens (including phenoxy) is 2. The Labute approximate surface area is 144 Å². The number of carbonyl (C=O) groups is 1. The van der Waals surface area contributed by atoms with Crippen molar-refractivity contribution in [2.45, 2.75) is 26.4 Å². The lowest BCUT2D eigenvalue weighted by Crippen LogP contribution is -2.32. The largest absolute Gasteiger partial charge is 0.508 e. The molecule has 0 spiro atoms. The number of benzene rings is 1. The highest BCUT2D eigenvalue weighted by Gasteiger charge is 2.28. The molecule has 1 aromatic heterocycles. The Bertz CT molecular complexity index is 924. The van der Waals surface area contributed by atoms with E-state index in [9.17, 15) is 14.7 Å². The third kappa shape index (κ3) is 3.28. The molecule has 0 bridgehead atoms. The van der Waals surface area contributed by atoms with Gasteiger partial charge in [-0.1, -0.05) is 0 Å². The maximum absolute atomic E-state index is 12.3. The molecule has 6 heteroatoms. The van der Waals surface area contributed by atoms with E-state index in [1.807, 2.05) is 19.9 Å². The van der Waals surface area contributed by atoms with Crippen LogP contribution in [0.4, 0.5) is 0 Å². The number of pyridine rings is 1. The lowest BCUT2D eigenvalue weighted by Gasteiger charge is -2.31. The molecule has 3 rings (SSSR count). The van der Waals surface area contributed by atoms with Gasteiger partial charge in [-0.05, 0) is 51.1 Å². The van der Waals surface area contributed by atoms with E-state index in [2.05, 4.69) is 0 Å². The van der Waals surface area contributed by atoms with Crippen LogP contribution in [0.2, 0.25) is 0 Å². The molecule has 2 aromatic rings. The summed E-state index contributed by atoms with van der Waals surface area (Å²) in [6.07, 6.45) is 3.30. The van der Waals surface area contributed by atoms with E-state index in [1.165, 1.54) is 16.8 Å². The second-order valence-electron chi connectivity index (χ2n) is 6.26. The van der Waals surface area contributed by atoms with Gasteiger partial charge in [-0.15, -0.1) is 0 Å². The van der Waals surface area contributed by atoms with Crippen molar-refractivity contribution in [2.75, 3.05) is 6.61 Å². The number of nitrogens with zero attached hydrogens (tertiary/aromatic N) is 1. The molecule has 0 aliphatic carbocycles. The third-order valence-electron chi connectivity index (χ3n) is 3.79. The van der Waals surface area contributed by atoms with Crippen LogP contribution in [0.15, 0.2) is 47.4 Å². The zero-order valence-electron chi connectivity index (χ0n) is 14.3. The Hall–Kier alpha value is -3.02. The molecule has 0 saturated heterocycles. The Morgan fingerprint density at radius 2 is 2.04 bits per heavy atom. The van der Waals surface area contributed by atoms with E-state index in [0.29, 0.717) is 22.6 Å². The highest BCUT2D eigenvalue weighted by atomic mass is 16.5. The number of rotatable bonds is 3. The fraction of sp³-hybridized carbons (Fsp3) is 0.263. The van der Waals surface area contributed by atoms with Crippen molar-refractivity contribution >= 4 is 11.7 Å². The first kappa shape index (κ1) is 16.8. The van der Waals surface area contributed by atoms with Crippen molar-refractivity contribution in [1.82, 2.24) is 4.57 Å². The maximum atomic E-state index is 12.3. The van der Waals surface area contributed by atoms with Gasteiger partial charge in [0.1, 0.15) is 17.1 Å². The molecule has 0 saturated carbocycles. The van der Waals surface area contributed by atoms with Crippen molar-refractivity contribution in [3.63, 3.8) is 0 Å². The summed E-state index contributed by atoms with van der Waals surface area (Å²) in [6.45, 7) is 5.77. The van der Waals surface area contributed by atoms with Crippen molar-refractivity contribution in [3.8, 4) is 11.5 Å². The van der Waals surface area contributed by atoms with Crippen LogP contribution in [0.5, 0.6) is 11.5 Å². The van der Waals surface area contributed by atoms with Crippen molar-refractivity contribution in [1.29, 1.82) is 0 Å². The van der Waals surface area contributed by atoms with E-state index in [4.69, 9.17) is 9.47 Å². The molecule has 0 atom stereocenters. The Kier molecular flexibility index (Phi) is 4.12. The molecule has 1 aliphatic heterocycles. The van der Waals surface area contributed by atoms with E-state index < -0.39 is 11.6 Å². The summed E-state index contributed by atoms with van der Waals surface area (Å²) >= 11 is 0. The minimum absolute atomic E-state index is 0.103. The highest BCUT2D eigenvalue weighted by Crippen LogP contribution is 2.37. The molecule has 0 unspecified atom stereocenters. The SMILES string of the molecule is CCOC(=O)c1ccc2c(c1)C(n1ccc(O)cc1=O)=CC(C)(C)O2. The van der Waals surface area contributed by atoms with E-state index in [-0.39, 0.29) is 17.9 Å². The summed E-state index contributed by atoms with van der Waals surface area (Å²) in [5.41, 5.74) is 0.559. The topological polar surface area (TPSA) is 77.8 Å². The Morgan fingerprint density at radius 3 is 2.72 bits per heavy atom. The summed E-state index contributed by atoms with van der Waals surface area (Å²) in [5, 5.41) is 9.49. The van der Waals surface area contributed by atoms with Gasteiger partial charge in [-0.3, -0.25) is 9.36 Å². The zero-order chi connectivity index (χ0) is 18.2. The molecule has 2 heterocycles. The highest BCUT2D eigenvalue weighted by molar-refractivity contribution is 5.91. The minimum Gasteiger partial charge on any atom is -0.508 e. The van der Waals surface area contributed by atoms with Crippen molar-refractivity contribution in [3.05, 3.63) is 64.1 Å². The number of carbonyl (C=O) groups excluding carboxylic acids is 1. The fourth-order valence-corrected chi connectivity index (χ4v) is 2.75. The molecular weight excluding hydrogens is 322 g/mol. The second kappa shape index (κ2) is 6.12. The molecule has 1 aliphatic rings. The monoisotopic (exact) mass is 341 g/mol. The van der Waals surface area contributed by atoms with E-state index in [0.717, 1.165) is 6.07 Å². The van der Waals surface area contributed by atoms with E-state index >= 15 is 0 Å². The summed E-state index contributed by atoms with van der Waals surface area (Å²) in [4.78, 5) is 24.3. The van der Waals surface area contributed by atoms with Gasteiger partial charge < -0.3 is 14.6 Å². The third-order valence-corrected chi connectivity index (χ3v) is 3.79.